The smallest absolute Gasteiger partial charge is 0.240 e. The van der Waals surface area contributed by atoms with Crippen molar-refractivity contribution in [2.75, 3.05) is 20.1 Å². The fraction of sp³-hybridized carbons (Fsp3) is 0.900. The van der Waals surface area contributed by atoms with E-state index in [4.69, 9.17) is 0 Å². The van der Waals surface area contributed by atoms with Crippen molar-refractivity contribution in [3.05, 3.63) is 0 Å². The Morgan fingerprint density at radius 3 is 2.43 bits per heavy atom. The predicted octanol–water partition coefficient (Wildman–Crippen LogP) is -0.197. The number of nitrogens with zero attached hydrogens (tertiary/aromatic N) is 1. The number of carbonyl (C=O) groups excluding carboxylic acids is 1. The van der Waals surface area contributed by atoms with Crippen LogP contribution >= 0.6 is 0 Å². The van der Waals surface area contributed by atoms with E-state index in [9.17, 15) is 4.79 Å². The number of nitrogens with one attached hydrogen (secondary N) is 2. The molecule has 0 aromatic carbocycles. The molecule has 0 radical (unpaired) electrons. The molecule has 14 heavy (non-hydrogen) atoms. The molecule has 1 amide bonds. The molecular formula is C10H21N3O. The van der Waals surface area contributed by atoms with Crippen molar-refractivity contribution in [2.45, 2.75) is 38.9 Å². The normalized spacial score (nSPS) is 27.8. The van der Waals surface area contributed by atoms with E-state index in [1.165, 1.54) is 0 Å². The Bertz CT molecular complexity index is 198. The van der Waals surface area contributed by atoms with Gasteiger partial charge in [-0.2, -0.15) is 0 Å². The fourth-order valence-electron chi connectivity index (χ4n) is 1.46. The van der Waals surface area contributed by atoms with Crippen LogP contribution in [0.5, 0.6) is 0 Å². The highest BCUT2D eigenvalue weighted by Crippen LogP contribution is 2.01. The molecule has 0 spiro atoms. The Morgan fingerprint density at radius 1 is 1.36 bits per heavy atom. The van der Waals surface area contributed by atoms with Crippen LogP contribution in [0.1, 0.15) is 20.8 Å². The van der Waals surface area contributed by atoms with Crippen LogP contribution in [0.3, 0.4) is 0 Å². The van der Waals surface area contributed by atoms with Crippen LogP contribution < -0.4 is 10.6 Å². The molecule has 1 heterocycles. The van der Waals surface area contributed by atoms with Gasteiger partial charge in [0, 0.05) is 32.2 Å². The summed E-state index contributed by atoms with van der Waals surface area (Å²) in [6.07, 6.45) is 0. The second kappa shape index (κ2) is 4.75. The van der Waals surface area contributed by atoms with Gasteiger partial charge in [0.1, 0.15) is 0 Å². The summed E-state index contributed by atoms with van der Waals surface area (Å²) in [6, 6.07) is 0.672. The van der Waals surface area contributed by atoms with E-state index in [1.807, 2.05) is 20.9 Å². The van der Waals surface area contributed by atoms with E-state index in [2.05, 4.69) is 17.6 Å². The van der Waals surface area contributed by atoms with Crippen LogP contribution in [-0.2, 0) is 4.79 Å². The maximum Gasteiger partial charge on any atom is 0.240 e. The lowest BCUT2D eigenvalue weighted by Crippen LogP contribution is -2.59. The maximum absolute atomic E-state index is 11.9. The van der Waals surface area contributed by atoms with Gasteiger partial charge in [0.05, 0.1) is 6.04 Å². The molecule has 4 nitrogen and oxygen atoms in total. The molecule has 1 saturated heterocycles. The summed E-state index contributed by atoms with van der Waals surface area (Å²) >= 11 is 0. The molecule has 0 aliphatic carbocycles. The Labute approximate surface area is 86.0 Å². The Kier molecular flexibility index (Phi) is 3.89. The van der Waals surface area contributed by atoms with Gasteiger partial charge in [-0.25, -0.2) is 0 Å². The number of hydrogen-bond acceptors (Lipinski definition) is 3. The number of carbonyl (C=O) groups is 1. The zero-order valence-electron chi connectivity index (χ0n) is 9.50. The molecule has 2 unspecified atom stereocenters. The van der Waals surface area contributed by atoms with E-state index in [0.29, 0.717) is 6.04 Å². The van der Waals surface area contributed by atoms with Gasteiger partial charge >= 0.3 is 0 Å². The lowest BCUT2D eigenvalue weighted by Gasteiger charge is -2.32. The van der Waals surface area contributed by atoms with Crippen LogP contribution in [0, 0.1) is 0 Å². The molecule has 0 bridgehead atoms. The minimum atomic E-state index is -0.0569. The first-order chi connectivity index (χ1) is 6.52. The summed E-state index contributed by atoms with van der Waals surface area (Å²) in [5.41, 5.74) is 0. The number of likely N-dealkylation sites (N-methyl/N-ethyl adjacent to an activating group) is 1. The topological polar surface area (TPSA) is 44.4 Å². The lowest BCUT2D eigenvalue weighted by atomic mass is 10.1. The van der Waals surface area contributed by atoms with Gasteiger partial charge in [0.25, 0.3) is 0 Å². The van der Waals surface area contributed by atoms with E-state index in [0.717, 1.165) is 13.1 Å². The largest absolute Gasteiger partial charge is 0.342 e. The number of piperazine rings is 1. The molecule has 1 aliphatic rings. The lowest BCUT2D eigenvalue weighted by molar-refractivity contribution is -0.133. The molecule has 1 aliphatic heterocycles. The monoisotopic (exact) mass is 199 g/mol. The third kappa shape index (κ3) is 2.69. The average molecular weight is 199 g/mol. The van der Waals surface area contributed by atoms with E-state index >= 15 is 0 Å². The first-order valence-electron chi connectivity index (χ1n) is 5.25. The van der Waals surface area contributed by atoms with Crippen LogP contribution in [0.15, 0.2) is 0 Å². The number of amides is 1. The highest BCUT2D eigenvalue weighted by Gasteiger charge is 2.26. The zero-order valence-corrected chi connectivity index (χ0v) is 9.50. The van der Waals surface area contributed by atoms with Crippen molar-refractivity contribution >= 4 is 5.91 Å². The van der Waals surface area contributed by atoms with Gasteiger partial charge in [-0.15, -0.1) is 0 Å². The van der Waals surface area contributed by atoms with E-state index in [1.54, 1.807) is 4.90 Å². The number of rotatable bonds is 2. The van der Waals surface area contributed by atoms with Crippen molar-refractivity contribution in [1.82, 2.24) is 15.5 Å². The van der Waals surface area contributed by atoms with Gasteiger partial charge in [0.2, 0.25) is 5.91 Å². The molecule has 2 N–H and O–H groups in total. The van der Waals surface area contributed by atoms with Crippen molar-refractivity contribution in [3.8, 4) is 0 Å². The molecule has 1 rings (SSSR count). The Hall–Kier alpha value is -0.610. The van der Waals surface area contributed by atoms with Gasteiger partial charge in [-0.3, -0.25) is 4.79 Å². The average Bonchev–Trinajstić information content (AvgIpc) is 2.16. The molecule has 4 heteroatoms. The minimum absolute atomic E-state index is 0.0569. The summed E-state index contributed by atoms with van der Waals surface area (Å²) in [7, 11) is 1.85. The van der Waals surface area contributed by atoms with Crippen LogP contribution in [0.25, 0.3) is 0 Å². The minimum Gasteiger partial charge on any atom is -0.342 e. The van der Waals surface area contributed by atoms with Crippen molar-refractivity contribution < 1.29 is 4.79 Å². The van der Waals surface area contributed by atoms with Gasteiger partial charge in [0.15, 0.2) is 0 Å². The Balaban J connectivity index is 2.45. The molecule has 82 valence electrons. The summed E-state index contributed by atoms with van der Waals surface area (Å²) < 4.78 is 0. The van der Waals surface area contributed by atoms with Crippen molar-refractivity contribution in [2.24, 2.45) is 0 Å². The first-order valence-corrected chi connectivity index (χ1v) is 5.25. The quantitative estimate of drug-likeness (QED) is 0.647. The van der Waals surface area contributed by atoms with Crippen molar-refractivity contribution in [1.29, 1.82) is 0 Å². The summed E-state index contributed by atoms with van der Waals surface area (Å²) in [5, 5.41) is 6.55. The van der Waals surface area contributed by atoms with E-state index < -0.39 is 0 Å². The highest BCUT2D eigenvalue weighted by atomic mass is 16.2. The molecule has 0 saturated carbocycles. The fourth-order valence-corrected chi connectivity index (χ4v) is 1.46. The molecule has 0 aromatic heterocycles. The predicted molar refractivity (Wildman–Crippen MR) is 57.2 cm³/mol. The summed E-state index contributed by atoms with van der Waals surface area (Å²) in [4.78, 5) is 13.7. The van der Waals surface area contributed by atoms with Crippen molar-refractivity contribution in [3.63, 3.8) is 0 Å². The molecular weight excluding hydrogens is 178 g/mol. The third-order valence-electron chi connectivity index (χ3n) is 2.76. The first kappa shape index (κ1) is 11.5. The molecule has 2 atom stereocenters. The summed E-state index contributed by atoms with van der Waals surface area (Å²) in [6.45, 7) is 7.76. The number of hydrogen-bond donors (Lipinski definition) is 2. The Morgan fingerprint density at radius 2 is 2.00 bits per heavy atom. The molecule has 1 fully saturated rings. The van der Waals surface area contributed by atoms with E-state index in [-0.39, 0.29) is 18.0 Å². The van der Waals surface area contributed by atoms with Gasteiger partial charge in [-0.1, -0.05) is 0 Å². The van der Waals surface area contributed by atoms with Gasteiger partial charge in [-0.05, 0) is 20.8 Å². The summed E-state index contributed by atoms with van der Waals surface area (Å²) in [5.74, 6) is 0.180. The highest BCUT2D eigenvalue weighted by molar-refractivity contribution is 5.82. The van der Waals surface area contributed by atoms with Gasteiger partial charge < -0.3 is 15.5 Å². The SMILES string of the molecule is CC1CNC(C(=O)N(C)C(C)C)CN1. The zero-order chi connectivity index (χ0) is 10.7. The second-order valence-corrected chi connectivity index (χ2v) is 4.31. The standard InChI is InChI=1S/C10H21N3O/c1-7(2)13(4)10(14)9-6-11-8(3)5-12-9/h7-9,11-12H,5-6H2,1-4H3. The van der Waals surface area contributed by atoms with Crippen LogP contribution in [0.4, 0.5) is 0 Å². The maximum atomic E-state index is 11.9. The second-order valence-electron chi connectivity index (χ2n) is 4.31. The van der Waals surface area contributed by atoms with Crippen LogP contribution in [0.2, 0.25) is 0 Å². The van der Waals surface area contributed by atoms with Crippen LogP contribution in [-0.4, -0.2) is 49.1 Å². The molecule has 0 aromatic rings. The third-order valence-corrected chi connectivity index (χ3v) is 2.76.